The van der Waals surface area contributed by atoms with Crippen molar-refractivity contribution in [3.8, 4) is 0 Å². The summed E-state index contributed by atoms with van der Waals surface area (Å²) in [5, 5.41) is 7.25. The predicted octanol–water partition coefficient (Wildman–Crippen LogP) is 3.32. The highest BCUT2D eigenvalue weighted by Crippen LogP contribution is 2.23. The summed E-state index contributed by atoms with van der Waals surface area (Å²) < 4.78 is 17.9. The standard InChI is InChI=1S/C12H12ClFN2O/c1-8(15-7-10-4-5-16-17-10)11-3-2-9(14)6-12(11)13/h2-6,8,15H,7H2,1H3. The summed E-state index contributed by atoms with van der Waals surface area (Å²) in [6, 6.07) is 6.17. The van der Waals surface area contributed by atoms with Gasteiger partial charge in [0.1, 0.15) is 11.6 Å². The van der Waals surface area contributed by atoms with Gasteiger partial charge < -0.3 is 9.84 Å². The van der Waals surface area contributed by atoms with Gasteiger partial charge in [0.15, 0.2) is 0 Å². The fourth-order valence-corrected chi connectivity index (χ4v) is 1.88. The summed E-state index contributed by atoms with van der Waals surface area (Å²) in [5.41, 5.74) is 0.854. The van der Waals surface area contributed by atoms with Crippen LogP contribution in [-0.2, 0) is 6.54 Å². The molecule has 0 saturated carbocycles. The number of nitrogens with zero attached hydrogens (tertiary/aromatic N) is 1. The second kappa shape index (κ2) is 5.29. The first-order valence-corrected chi connectivity index (χ1v) is 5.62. The zero-order valence-corrected chi connectivity index (χ0v) is 10.0. The lowest BCUT2D eigenvalue weighted by atomic mass is 10.1. The van der Waals surface area contributed by atoms with Crippen molar-refractivity contribution in [1.82, 2.24) is 10.5 Å². The molecule has 3 nitrogen and oxygen atoms in total. The molecule has 0 fully saturated rings. The number of hydrogen-bond acceptors (Lipinski definition) is 3. The third-order valence-corrected chi connectivity index (χ3v) is 2.83. The minimum Gasteiger partial charge on any atom is -0.360 e. The van der Waals surface area contributed by atoms with Crippen LogP contribution in [-0.4, -0.2) is 5.16 Å². The first-order chi connectivity index (χ1) is 8.16. The maximum Gasteiger partial charge on any atom is 0.150 e. The molecule has 1 atom stereocenters. The average Bonchev–Trinajstić information content (AvgIpc) is 2.78. The van der Waals surface area contributed by atoms with Crippen LogP contribution in [0.15, 0.2) is 35.0 Å². The third-order valence-electron chi connectivity index (χ3n) is 2.50. The maximum atomic E-state index is 12.9. The van der Waals surface area contributed by atoms with E-state index in [4.69, 9.17) is 16.1 Å². The van der Waals surface area contributed by atoms with Crippen molar-refractivity contribution >= 4 is 11.6 Å². The SMILES string of the molecule is CC(NCc1ccno1)c1ccc(F)cc1Cl. The zero-order valence-electron chi connectivity index (χ0n) is 9.28. The Hall–Kier alpha value is -1.39. The molecular weight excluding hydrogens is 243 g/mol. The Kier molecular flexibility index (Phi) is 3.76. The molecule has 2 rings (SSSR count). The van der Waals surface area contributed by atoms with E-state index >= 15 is 0 Å². The minimum absolute atomic E-state index is 0.00759. The van der Waals surface area contributed by atoms with Crippen LogP contribution in [0.25, 0.3) is 0 Å². The molecule has 1 N–H and O–H groups in total. The number of aromatic nitrogens is 1. The molecule has 0 radical (unpaired) electrons. The third kappa shape index (κ3) is 3.05. The molecule has 0 bridgehead atoms. The Labute approximate surface area is 104 Å². The van der Waals surface area contributed by atoms with Crippen molar-refractivity contribution in [2.45, 2.75) is 19.5 Å². The normalized spacial score (nSPS) is 12.6. The Morgan fingerprint density at radius 3 is 2.94 bits per heavy atom. The molecule has 0 aliphatic carbocycles. The van der Waals surface area contributed by atoms with Gasteiger partial charge in [-0.2, -0.15) is 0 Å². The van der Waals surface area contributed by atoms with Gasteiger partial charge in [0.05, 0.1) is 12.7 Å². The van der Waals surface area contributed by atoms with Crippen LogP contribution in [0.2, 0.25) is 5.02 Å². The lowest BCUT2D eigenvalue weighted by molar-refractivity contribution is 0.366. The average molecular weight is 255 g/mol. The van der Waals surface area contributed by atoms with Crippen molar-refractivity contribution in [2.24, 2.45) is 0 Å². The van der Waals surface area contributed by atoms with Crippen LogP contribution in [0.3, 0.4) is 0 Å². The molecule has 0 spiro atoms. The van der Waals surface area contributed by atoms with E-state index in [1.807, 2.05) is 6.92 Å². The minimum atomic E-state index is -0.332. The molecule has 1 aromatic carbocycles. The van der Waals surface area contributed by atoms with Gasteiger partial charge in [-0.15, -0.1) is 0 Å². The maximum absolute atomic E-state index is 12.9. The van der Waals surface area contributed by atoms with Crippen molar-refractivity contribution < 1.29 is 8.91 Å². The van der Waals surface area contributed by atoms with E-state index < -0.39 is 0 Å². The summed E-state index contributed by atoms with van der Waals surface area (Å²) >= 11 is 5.97. The highest BCUT2D eigenvalue weighted by atomic mass is 35.5. The molecule has 0 amide bonds. The monoisotopic (exact) mass is 254 g/mol. The van der Waals surface area contributed by atoms with Crippen LogP contribution in [0.4, 0.5) is 4.39 Å². The van der Waals surface area contributed by atoms with Gasteiger partial charge >= 0.3 is 0 Å². The van der Waals surface area contributed by atoms with Gasteiger partial charge in [0.2, 0.25) is 0 Å². The molecule has 5 heteroatoms. The van der Waals surface area contributed by atoms with Gasteiger partial charge in [-0.25, -0.2) is 4.39 Å². The second-order valence-corrected chi connectivity index (χ2v) is 4.15. The molecule has 1 heterocycles. The smallest absolute Gasteiger partial charge is 0.150 e. The number of hydrogen-bond donors (Lipinski definition) is 1. The van der Waals surface area contributed by atoms with E-state index in [0.717, 1.165) is 11.3 Å². The van der Waals surface area contributed by atoms with Gasteiger partial charge in [-0.3, -0.25) is 0 Å². The Morgan fingerprint density at radius 2 is 2.29 bits per heavy atom. The molecular formula is C12H12ClFN2O. The second-order valence-electron chi connectivity index (χ2n) is 3.75. The number of benzene rings is 1. The van der Waals surface area contributed by atoms with Crippen LogP contribution in [0, 0.1) is 5.82 Å². The topological polar surface area (TPSA) is 38.1 Å². The van der Waals surface area contributed by atoms with E-state index in [9.17, 15) is 4.39 Å². The van der Waals surface area contributed by atoms with Crippen molar-refractivity contribution in [1.29, 1.82) is 0 Å². The van der Waals surface area contributed by atoms with Gasteiger partial charge in [-0.05, 0) is 24.6 Å². The molecule has 2 aromatic rings. The van der Waals surface area contributed by atoms with Gasteiger partial charge in [0.25, 0.3) is 0 Å². The lowest BCUT2D eigenvalue weighted by Crippen LogP contribution is -2.18. The molecule has 0 aliphatic rings. The zero-order chi connectivity index (χ0) is 12.3. The first-order valence-electron chi connectivity index (χ1n) is 5.24. The van der Waals surface area contributed by atoms with E-state index in [-0.39, 0.29) is 11.9 Å². The summed E-state index contributed by atoms with van der Waals surface area (Å²) in [6.07, 6.45) is 1.59. The molecule has 90 valence electrons. The quantitative estimate of drug-likeness (QED) is 0.910. The number of rotatable bonds is 4. The summed E-state index contributed by atoms with van der Waals surface area (Å²) in [6.45, 7) is 2.50. The Bertz CT molecular complexity index is 487. The van der Waals surface area contributed by atoms with Crippen LogP contribution in [0.1, 0.15) is 24.3 Å². The molecule has 1 unspecified atom stereocenters. The number of nitrogens with one attached hydrogen (secondary N) is 1. The van der Waals surface area contributed by atoms with Crippen LogP contribution in [0.5, 0.6) is 0 Å². The van der Waals surface area contributed by atoms with Crippen molar-refractivity contribution in [3.63, 3.8) is 0 Å². The highest BCUT2D eigenvalue weighted by Gasteiger charge is 2.10. The van der Waals surface area contributed by atoms with Crippen molar-refractivity contribution in [2.75, 3.05) is 0 Å². The predicted molar refractivity (Wildman–Crippen MR) is 63.2 cm³/mol. The van der Waals surface area contributed by atoms with E-state index in [0.29, 0.717) is 11.6 Å². The fraction of sp³-hybridized carbons (Fsp3) is 0.250. The van der Waals surface area contributed by atoms with E-state index in [2.05, 4.69) is 10.5 Å². The van der Waals surface area contributed by atoms with Gasteiger partial charge in [-0.1, -0.05) is 22.8 Å². The summed E-state index contributed by atoms with van der Waals surface area (Å²) in [5.74, 6) is 0.413. The summed E-state index contributed by atoms with van der Waals surface area (Å²) in [4.78, 5) is 0. The van der Waals surface area contributed by atoms with Gasteiger partial charge in [0, 0.05) is 17.1 Å². The van der Waals surface area contributed by atoms with E-state index in [1.165, 1.54) is 12.1 Å². The molecule has 0 aliphatic heterocycles. The fourth-order valence-electron chi connectivity index (χ4n) is 1.55. The number of halogens is 2. The van der Waals surface area contributed by atoms with Crippen LogP contribution >= 0.6 is 11.6 Å². The molecule has 17 heavy (non-hydrogen) atoms. The Morgan fingerprint density at radius 1 is 1.47 bits per heavy atom. The van der Waals surface area contributed by atoms with Crippen LogP contribution < -0.4 is 5.32 Å². The molecule has 0 saturated heterocycles. The first kappa shape index (κ1) is 12.1. The summed E-state index contributed by atoms with van der Waals surface area (Å²) in [7, 11) is 0. The largest absolute Gasteiger partial charge is 0.360 e. The Balaban J connectivity index is 2.01. The lowest BCUT2D eigenvalue weighted by Gasteiger charge is -2.14. The molecule has 1 aromatic heterocycles. The van der Waals surface area contributed by atoms with Crippen molar-refractivity contribution in [3.05, 3.63) is 52.6 Å². The van der Waals surface area contributed by atoms with E-state index in [1.54, 1.807) is 18.3 Å². The highest BCUT2D eigenvalue weighted by molar-refractivity contribution is 6.31.